The van der Waals surface area contributed by atoms with E-state index in [1.165, 1.54) is 31.4 Å². The van der Waals surface area contributed by atoms with E-state index < -0.39 is 12.9 Å². The maximum absolute atomic E-state index is 13.3. The summed E-state index contributed by atoms with van der Waals surface area (Å²) in [5.74, 6) is -0.796. The lowest BCUT2D eigenvalue weighted by Crippen LogP contribution is -2.60. The van der Waals surface area contributed by atoms with Crippen LogP contribution in [0.15, 0.2) is 23.6 Å². The van der Waals surface area contributed by atoms with E-state index in [4.69, 9.17) is 13.6 Å². The van der Waals surface area contributed by atoms with E-state index in [0.717, 1.165) is 18.4 Å². The molecule has 4 amide bonds. The Kier molecular flexibility index (Phi) is 6.65. The van der Waals surface area contributed by atoms with Gasteiger partial charge in [0, 0.05) is 66.0 Å². The number of methoxy groups -OCH3 is 1. The monoisotopic (exact) mass is 608 g/mol. The fraction of sp³-hybridized carbons (Fsp3) is 0.379. The first-order valence-electron chi connectivity index (χ1n) is 15.2. The number of carbonyl (C=O) groups is 4. The van der Waals surface area contributed by atoms with Crippen LogP contribution < -0.4 is 30.7 Å². The smallest absolute Gasteiger partial charge is 0.273 e. The molecule has 13 nitrogen and oxygen atoms in total. The Labute approximate surface area is 255 Å². The van der Waals surface area contributed by atoms with Gasteiger partial charge in [0.25, 0.3) is 11.8 Å². The Bertz CT molecular complexity index is 1740. The number of hydrogen-bond donors (Lipinski definition) is 4. The van der Waals surface area contributed by atoms with Gasteiger partial charge >= 0.3 is 0 Å². The number of benzene rings is 1. The molecule has 1 saturated heterocycles. The number of nitrogens with zero attached hydrogens (tertiary/aromatic N) is 3. The van der Waals surface area contributed by atoms with Crippen LogP contribution in [-0.2, 0) is 16.0 Å². The Morgan fingerprint density at radius 2 is 1.95 bits per heavy atom. The van der Waals surface area contributed by atoms with Crippen molar-refractivity contribution in [2.24, 2.45) is 5.92 Å². The molecule has 3 aliphatic rings. The van der Waals surface area contributed by atoms with Gasteiger partial charge in [-0.2, -0.15) is 0 Å². The fourth-order valence-electron chi connectivity index (χ4n) is 5.09. The molecular weight excluding hydrogens is 574 g/mol. The molecule has 0 spiro atoms. The summed E-state index contributed by atoms with van der Waals surface area (Å²) in [5, 5.41) is 20.4. The molecular formula is C29H31N7O6S. The van der Waals surface area contributed by atoms with Crippen LogP contribution in [0.4, 0.5) is 17.2 Å². The van der Waals surface area contributed by atoms with Crippen LogP contribution in [0.1, 0.15) is 49.6 Å². The number of amides is 4. The van der Waals surface area contributed by atoms with Crippen molar-refractivity contribution in [2.75, 3.05) is 44.4 Å². The van der Waals surface area contributed by atoms with Crippen molar-refractivity contribution in [1.29, 1.82) is 0 Å². The number of ether oxygens (including phenoxy) is 2. The molecule has 1 aromatic carbocycles. The highest BCUT2D eigenvalue weighted by Gasteiger charge is 2.33. The van der Waals surface area contributed by atoms with Gasteiger partial charge in [-0.05, 0) is 24.5 Å². The zero-order chi connectivity index (χ0) is 32.7. The molecule has 224 valence electrons. The molecule has 0 radical (unpaired) electrons. The quantitative estimate of drug-likeness (QED) is 0.301. The Morgan fingerprint density at radius 1 is 1.14 bits per heavy atom. The van der Waals surface area contributed by atoms with Crippen molar-refractivity contribution in [3.63, 3.8) is 0 Å². The predicted octanol–water partition coefficient (Wildman–Crippen LogP) is 2.56. The molecule has 3 aromatic rings. The molecule has 4 heterocycles. The van der Waals surface area contributed by atoms with Gasteiger partial charge in [0.05, 0.1) is 31.1 Å². The largest absolute Gasteiger partial charge is 0.494 e. The third kappa shape index (κ3) is 5.57. The molecule has 2 aliphatic heterocycles. The normalized spacial score (nSPS) is 16.9. The minimum atomic E-state index is -2.78. The van der Waals surface area contributed by atoms with Gasteiger partial charge < -0.3 is 35.6 Å². The highest BCUT2D eigenvalue weighted by atomic mass is 32.1. The summed E-state index contributed by atoms with van der Waals surface area (Å²) in [5.41, 5.74) is 2.40. The first-order chi connectivity index (χ1) is 21.9. The summed E-state index contributed by atoms with van der Waals surface area (Å²) in [6.45, 7) is -0.0800. The van der Waals surface area contributed by atoms with Crippen molar-refractivity contribution in [3.05, 3.63) is 39.7 Å². The third-order valence-corrected chi connectivity index (χ3v) is 8.50. The lowest BCUT2D eigenvalue weighted by Gasteiger charge is -2.38. The van der Waals surface area contributed by atoms with Crippen molar-refractivity contribution >= 4 is 52.2 Å². The van der Waals surface area contributed by atoms with Crippen molar-refractivity contribution in [3.8, 4) is 22.6 Å². The summed E-state index contributed by atoms with van der Waals surface area (Å²) in [7, 11) is 1.48. The second-order valence-corrected chi connectivity index (χ2v) is 11.4. The molecule has 2 aromatic heterocycles. The average molecular weight is 609 g/mol. The summed E-state index contributed by atoms with van der Waals surface area (Å²) >= 11 is 1.23. The van der Waals surface area contributed by atoms with Gasteiger partial charge in [-0.1, -0.05) is 6.07 Å². The van der Waals surface area contributed by atoms with Gasteiger partial charge in [-0.3, -0.25) is 19.2 Å². The molecule has 2 fully saturated rings. The van der Waals surface area contributed by atoms with Crippen LogP contribution in [0.25, 0.3) is 11.1 Å². The predicted molar refractivity (Wildman–Crippen MR) is 159 cm³/mol. The topological polar surface area (TPSA) is 164 Å². The van der Waals surface area contributed by atoms with Gasteiger partial charge in [-0.25, -0.2) is 0 Å². The van der Waals surface area contributed by atoms with Crippen LogP contribution in [0.3, 0.4) is 0 Å². The number of thiophene rings is 1. The van der Waals surface area contributed by atoms with E-state index in [1.54, 1.807) is 11.0 Å². The number of hydrogen-bond acceptors (Lipinski definition) is 10. The van der Waals surface area contributed by atoms with Crippen LogP contribution in [0.2, 0.25) is 0 Å². The number of nitrogens with one attached hydrogen (secondary N) is 4. The molecule has 0 bridgehead atoms. The second kappa shape index (κ2) is 11.5. The summed E-state index contributed by atoms with van der Waals surface area (Å²) in [4.78, 5) is 52.2. The lowest BCUT2D eigenvalue weighted by molar-refractivity contribution is -0.133. The van der Waals surface area contributed by atoms with E-state index in [9.17, 15) is 19.2 Å². The zero-order valence-corrected chi connectivity index (χ0v) is 24.2. The molecule has 1 saturated carbocycles. The molecule has 4 N–H and O–H groups in total. The molecule has 43 heavy (non-hydrogen) atoms. The number of carbonyl (C=O) groups excluding carboxylic acids is 4. The van der Waals surface area contributed by atoms with E-state index in [-0.39, 0.29) is 46.9 Å². The Morgan fingerprint density at radius 3 is 2.67 bits per heavy atom. The van der Waals surface area contributed by atoms with Gasteiger partial charge in [0.15, 0.2) is 23.0 Å². The standard InChI is InChI=1S/C29H31N7O6S/c1-14(37)36-11-17(12-36)31-29(40)26-24-18(13-43-26)22-15(8-9-42-24)6-7-19(25(22)41-3)32-20-10-21(33-27(38)16-4-5-16)34-35-23(20)28(39)30-2/h6-7,10,13,16-17H,4-5,8-9,11-12H2,1-3H3,(H,30,39)(H,31,40)(H2,32,33,34,38)/i2D3. The first-order valence-corrected chi connectivity index (χ1v) is 14.6. The third-order valence-electron chi connectivity index (χ3n) is 7.54. The van der Waals surface area contributed by atoms with Crippen LogP contribution >= 0.6 is 11.3 Å². The highest BCUT2D eigenvalue weighted by Crippen LogP contribution is 2.49. The number of aromatic nitrogens is 2. The number of anilines is 3. The van der Waals surface area contributed by atoms with Crippen molar-refractivity contribution in [1.82, 2.24) is 25.7 Å². The first kappa shape index (κ1) is 24.8. The van der Waals surface area contributed by atoms with Crippen LogP contribution in [0.5, 0.6) is 11.5 Å². The van der Waals surface area contributed by atoms with Gasteiger partial charge in [0.1, 0.15) is 4.88 Å². The van der Waals surface area contributed by atoms with Crippen molar-refractivity contribution in [2.45, 2.75) is 32.2 Å². The summed E-state index contributed by atoms with van der Waals surface area (Å²) < 4.78 is 34.4. The van der Waals surface area contributed by atoms with E-state index in [1.807, 2.05) is 16.8 Å². The average Bonchev–Trinajstić information content (AvgIpc) is 3.76. The summed E-state index contributed by atoms with van der Waals surface area (Å²) in [6.07, 6.45) is 2.06. The van der Waals surface area contributed by atoms with Crippen LogP contribution in [-0.4, -0.2) is 78.5 Å². The minimum Gasteiger partial charge on any atom is -0.494 e. The molecule has 6 rings (SSSR count). The van der Waals surface area contributed by atoms with E-state index in [2.05, 4.69) is 26.1 Å². The maximum Gasteiger partial charge on any atom is 0.273 e. The summed E-state index contributed by atoms with van der Waals surface area (Å²) in [6, 6.07) is 4.87. The molecule has 0 unspecified atom stereocenters. The van der Waals surface area contributed by atoms with E-state index in [0.29, 0.717) is 59.3 Å². The number of fused-ring (bicyclic) bond motifs is 3. The maximum atomic E-state index is 13.3. The zero-order valence-electron chi connectivity index (χ0n) is 26.4. The molecule has 1 aliphatic carbocycles. The van der Waals surface area contributed by atoms with Gasteiger partial charge in [0.2, 0.25) is 11.8 Å². The van der Waals surface area contributed by atoms with Crippen LogP contribution in [0, 0.1) is 5.92 Å². The minimum absolute atomic E-state index is 0.0428. The number of rotatable bonds is 8. The molecule has 0 atom stereocenters. The van der Waals surface area contributed by atoms with Crippen molar-refractivity contribution < 1.29 is 32.8 Å². The SMILES string of the molecule is [2H]C([2H])([2H])NC(=O)c1nnc(NC(=O)C2CC2)cc1Nc1ccc2c(c1OC)-c1csc(C(=O)NC3CN(C(C)=O)C3)c1OCC2. The highest BCUT2D eigenvalue weighted by molar-refractivity contribution is 7.13. The Balaban J connectivity index is 1.34. The Hall–Kier alpha value is -4.72. The second-order valence-electron chi connectivity index (χ2n) is 10.5. The number of likely N-dealkylation sites (tertiary alicyclic amines) is 1. The van der Waals surface area contributed by atoms with E-state index >= 15 is 0 Å². The van der Waals surface area contributed by atoms with Gasteiger partial charge in [-0.15, -0.1) is 21.5 Å². The molecule has 14 heteroatoms. The fourth-order valence-corrected chi connectivity index (χ4v) is 5.99. The lowest BCUT2D eigenvalue weighted by atomic mass is 9.97.